The zero-order chi connectivity index (χ0) is 22.2. The van der Waals surface area contributed by atoms with Gasteiger partial charge in [0.15, 0.2) is 0 Å². The molecule has 2 aliphatic rings. The van der Waals surface area contributed by atoms with Crippen LogP contribution in [0.25, 0.3) is 10.2 Å². The van der Waals surface area contributed by atoms with Crippen LogP contribution in [0.15, 0.2) is 34.2 Å². The molecule has 0 saturated carbocycles. The van der Waals surface area contributed by atoms with Crippen LogP contribution >= 0.6 is 11.3 Å². The number of non-ortho nitro benzene ring substituents is 1. The van der Waals surface area contributed by atoms with Gasteiger partial charge in [0, 0.05) is 25.1 Å². The van der Waals surface area contributed by atoms with Crippen LogP contribution in [0.3, 0.4) is 0 Å². The zero-order valence-electron chi connectivity index (χ0n) is 17.2. The Bertz CT molecular complexity index is 1320. The summed E-state index contributed by atoms with van der Waals surface area (Å²) in [5.74, 6) is 0.159. The smallest absolute Gasteiger partial charge is 0.312 e. The maximum absolute atomic E-state index is 13.2. The fourth-order valence-corrected chi connectivity index (χ4v) is 5.55. The number of benzene rings is 1. The Balaban J connectivity index is 1.47. The highest BCUT2D eigenvalue weighted by molar-refractivity contribution is 7.20. The predicted octanol–water partition coefficient (Wildman–Crippen LogP) is 3.99. The van der Waals surface area contributed by atoms with E-state index in [1.165, 1.54) is 35.6 Å². The van der Waals surface area contributed by atoms with Crippen molar-refractivity contribution in [3.8, 4) is 0 Å². The molecule has 1 aliphatic carbocycles. The molecule has 0 fully saturated rings. The first-order chi connectivity index (χ1) is 15.5. The molecule has 2 aromatic heterocycles. The number of nitro groups is 1. The summed E-state index contributed by atoms with van der Waals surface area (Å²) in [7, 11) is 0. The molecule has 3 aromatic rings. The number of oxime groups is 1. The molecule has 1 aliphatic heterocycles. The molecule has 3 heterocycles. The van der Waals surface area contributed by atoms with Crippen molar-refractivity contribution in [2.24, 2.45) is 5.16 Å². The first-order valence-corrected chi connectivity index (χ1v) is 11.4. The minimum atomic E-state index is -0.689. The second kappa shape index (κ2) is 8.27. The third-order valence-electron chi connectivity index (χ3n) is 5.93. The molecule has 9 nitrogen and oxygen atoms in total. The highest BCUT2D eigenvalue weighted by Crippen LogP contribution is 2.35. The van der Waals surface area contributed by atoms with Crippen LogP contribution in [0.4, 0.5) is 5.69 Å². The van der Waals surface area contributed by atoms with Gasteiger partial charge in [-0.15, -0.1) is 11.3 Å². The summed E-state index contributed by atoms with van der Waals surface area (Å²) in [6.07, 6.45) is 6.13. The number of rotatable bonds is 3. The Morgan fingerprint density at radius 3 is 2.72 bits per heavy atom. The number of hydrogen-bond donors (Lipinski definition) is 0. The molecule has 0 unspecified atom stereocenters. The number of nitro benzene ring substituents is 1. The molecular formula is C22H20N4O5S. The summed E-state index contributed by atoms with van der Waals surface area (Å²) in [6.45, 7) is 0.704. The van der Waals surface area contributed by atoms with Crippen molar-refractivity contribution >= 4 is 38.9 Å². The van der Waals surface area contributed by atoms with E-state index >= 15 is 0 Å². The molecule has 0 radical (unpaired) electrons. The van der Waals surface area contributed by atoms with Gasteiger partial charge in [0.05, 0.1) is 26.5 Å². The fourth-order valence-electron chi connectivity index (χ4n) is 4.31. The number of carbonyl (C=O) groups is 1. The lowest BCUT2D eigenvalue weighted by molar-refractivity contribution is -0.384. The minimum Gasteiger partial charge on any atom is -0.312 e. The van der Waals surface area contributed by atoms with Crippen LogP contribution in [0, 0.1) is 10.1 Å². The second-order valence-corrected chi connectivity index (χ2v) is 8.96. The lowest BCUT2D eigenvalue weighted by Crippen LogP contribution is -2.25. The van der Waals surface area contributed by atoms with Gasteiger partial charge in [0.1, 0.15) is 10.7 Å². The van der Waals surface area contributed by atoms with Crippen molar-refractivity contribution < 1.29 is 14.6 Å². The lowest BCUT2D eigenvalue weighted by atomic mass is 9.95. The van der Waals surface area contributed by atoms with E-state index in [-0.39, 0.29) is 16.8 Å². The second-order valence-electron chi connectivity index (χ2n) is 7.96. The van der Waals surface area contributed by atoms with Crippen molar-refractivity contribution in [1.29, 1.82) is 0 Å². The van der Waals surface area contributed by atoms with Gasteiger partial charge in [-0.3, -0.25) is 19.5 Å². The number of aromatic nitrogens is 2. The van der Waals surface area contributed by atoms with Crippen LogP contribution in [-0.2, 0) is 24.2 Å². The number of hydrogen-bond acceptors (Lipinski definition) is 8. The Morgan fingerprint density at radius 1 is 1.12 bits per heavy atom. The highest BCUT2D eigenvalue weighted by Gasteiger charge is 2.26. The number of carbonyl (C=O) groups excluding carboxylic acids is 1. The van der Waals surface area contributed by atoms with Gasteiger partial charge in [-0.25, -0.2) is 9.78 Å². The van der Waals surface area contributed by atoms with E-state index in [1.807, 2.05) is 4.57 Å². The van der Waals surface area contributed by atoms with Gasteiger partial charge >= 0.3 is 5.97 Å². The Kier molecular flexibility index (Phi) is 5.30. The van der Waals surface area contributed by atoms with E-state index in [9.17, 15) is 19.7 Å². The number of nitrogens with zero attached hydrogens (tertiary/aromatic N) is 4. The molecule has 0 saturated heterocycles. The van der Waals surface area contributed by atoms with Gasteiger partial charge in [-0.2, -0.15) is 0 Å². The SMILES string of the molecule is O=C(O/N=C1/CCCc2c1sc1nc3n(c(=O)c21)CCCCC3)c1ccc([N+](=O)[O-])cc1. The summed E-state index contributed by atoms with van der Waals surface area (Å²) in [6, 6.07) is 5.17. The standard InChI is InChI=1S/C22H20N4O5S/c27-21-18-15-5-4-6-16(24-31-22(28)13-8-10-14(11-9-13)26(29)30)19(15)32-20(18)23-17-7-2-1-3-12-25(17)21/h8-11H,1-7,12H2/b24-16-. The molecule has 5 rings (SSSR count). The molecule has 32 heavy (non-hydrogen) atoms. The molecule has 164 valence electrons. The molecule has 0 spiro atoms. The predicted molar refractivity (Wildman–Crippen MR) is 119 cm³/mol. The molecule has 1 aromatic carbocycles. The normalized spacial score (nSPS) is 16.9. The fraction of sp³-hybridized carbons (Fsp3) is 0.364. The average molecular weight is 452 g/mol. The topological polar surface area (TPSA) is 117 Å². The minimum absolute atomic E-state index is 0.0218. The van der Waals surface area contributed by atoms with Crippen LogP contribution in [0.2, 0.25) is 0 Å². The highest BCUT2D eigenvalue weighted by atomic mass is 32.1. The first kappa shape index (κ1) is 20.5. The summed E-state index contributed by atoms with van der Waals surface area (Å²) in [5, 5.41) is 15.5. The van der Waals surface area contributed by atoms with Gasteiger partial charge < -0.3 is 4.84 Å². The summed E-state index contributed by atoms with van der Waals surface area (Å²) in [5.41, 5.74) is 1.67. The van der Waals surface area contributed by atoms with Crippen LogP contribution in [0.1, 0.15) is 58.7 Å². The number of fused-ring (bicyclic) bond motifs is 4. The largest absolute Gasteiger partial charge is 0.365 e. The average Bonchev–Trinajstić information content (AvgIpc) is 3.01. The van der Waals surface area contributed by atoms with Crippen LogP contribution in [-0.4, -0.2) is 26.2 Å². The van der Waals surface area contributed by atoms with E-state index in [4.69, 9.17) is 9.82 Å². The van der Waals surface area contributed by atoms with Crippen molar-refractivity contribution in [3.63, 3.8) is 0 Å². The van der Waals surface area contributed by atoms with E-state index < -0.39 is 10.9 Å². The van der Waals surface area contributed by atoms with Crippen molar-refractivity contribution in [2.45, 2.75) is 51.5 Å². The Labute approximate surface area is 186 Å². The van der Waals surface area contributed by atoms with Gasteiger partial charge in [0.2, 0.25) is 0 Å². The summed E-state index contributed by atoms with van der Waals surface area (Å²) >= 11 is 1.43. The van der Waals surface area contributed by atoms with E-state index in [0.29, 0.717) is 24.1 Å². The zero-order valence-corrected chi connectivity index (χ0v) is 18.0. The first-order valence-electron chi connectivity index (χ1n) is 10.6. The van der Waals surface area contributed by atoms with Gasteiger partial charge in [-0.05, 0) is 49.8 Å². The van der Waals surface area contributed by atoms with Gasteiger partial charge in [-0.1, -0.05) is 11.6 Å². The van der Waals surface area contributed by atoms with Crippen molar-refractivity contribution in [1.82, 2.24) is 9.55 Å². The van der Waals surface area contributed by atoms with E-state index in [0.717, 1.165) is 59.6 Å². The van der Waals surface area contributed by atoms with Crippen LogP contribution < -0.4 is 5.56 Å². The van der Waals surface area contributed by atoms with E-state index in [1.54, 1.807) is 0 Å². The molecule has 0 atom stereocenters. The molecule has 0 N–H and O–H groups in total. The quantitative estimate of drug-likeness (QED) is 0.337. The number of thiophene rings is 1. The monoisotopic (exact) mass is 452 g/mol. The molecular weight excluding hydrogens is 432 g/mol. The van der Waals surface area contributed by atoms with Gasteiger partial charge in [0.25, 0.3) is 11.2 Å². The summed E-state index contributed by atoms with van der Waals surface area (Å²) in [4.78, 5) is 47.4. The molecule has 0 bridgehead atoms. The third kappa shape index (κ3) is 3.60. The lowest BCUT2D eigenvalue weighted by Gasteiger charge is -2.13. The van der Waals surface area contributed by atoms with Crippen molar-refractivity contribution in [2.75, 3.05) is 0 Å². The number of aryl methyl sites for hydroxylation is 2. The Hall–Kier alpha value is -3.40. The van der Waals surface area contributed by atoms with Crippen molar-refractivity contribution in [3.05, 3.63) is 66.6 Å². The Morgan fingerprint density at radius 2 is 1.94 bits per heavy atom. The molecule has 10 heteroatoms. The summed E-state index contributed by atoms with van der Waals surface area (Å²) < 4.78 is 1.82. The maximum atomic E-state index is 13.2. The molecule has 0 amide bonds. The van der Waals surface area contributed by atoms with Crippen LogP contribution in [0.5, 0.6) is 0 Å². The third-order valence-corrected chi connectivity index (χ3v) is 7.10. The maximum Gasteiger partial charge on any atom is 0.365 e. The van der Waals surface area contributed by atoms with E-state index in [2.05, 4.69) is 5.16 Å².